The molecule has 0 atom stereocenters. The number of likely N-dealkylation sites (tertiary alicyclic amines) is 1. The van der Waals surface area contributed by atoms with Gasteiger partial charge in [0, 0.05) is 19.0 Å². The Morgan fingerprint density at radius 1 is 1.35 bits per heavy atom. The second-order valence-electron chi connectivity index (χ2n) is 5.98. The molecular formula is C13H18N4O3. The fourth-order valence-corrected chi connectivity index (χ4v) is 2.47. The first-order valence-corrected chi connectivity index (χ1v) is 6.94. The van der Waals surface area contributed by atoms with E-state index in [0.29, 0.717) is 31.8 Å². The van der Waals surface area contributed by atoms with Gasteiger partial charge in [-0.25, -0.2) is 4.98 Å². The molecule has 7 heteroatoms. The number of hydrogen-bond acceptors (Lipinski definition) is 4. The lowest BCUT2D eigenvalue weighted by atomic mass is 9.80. The average molecular weight is 278 g/mol. The Morgan fingerprint density at radius 3 is 2.55 bits per heavy atom. The number of rotatable bonds is 3. The monoisotopic (exact) mass is 278 g/mol. The Hall–Kier alpha value is -1.92. The molecule has 0 aromatic carbocycles. The summed E-state index contributed by atoms with van der Waals surface area (Å²) in [6, 6.07) is 0. The van der Waals surface area contributed by atoms with Gasteiger partial charge in [-0.3, -0.25) is 14.7 Å². The third kappa shape index (κ3) is 2.28. The van der Waals surface area contributed by atoms with Gasteiger partial charge in [0.15, 0.2) is 0 Å². The van der Waals surface area contributed by atoms with E-state index in [-0.39, 0.29) is 11.7 Å². The molecule has 1 saturated carbocycles. The number of carbonyl (C=O) groups excluding carboxylic acids is 1. The maximum absolute atomic E-state index is 12.3. The molecule has 0 unspecified atom stereocenters. The minimum Gasteiger partial charge on any atom is -0.481 e. The third-order valence-electron chi connectivity index (χ3n) is 4.33. The molecule has 1 aliphatic heterocycles. The van der Waals surface area contributed by atoms with Gasteiger partial charge in [-0.15, -0.1) is 5.10 Å². The lowest BCUT2D eigenvalue weighted by Gasteiger charge is -2.35. The van der Waals surface area contributed by atoms with Gasteiger partial charge >= 0.3 is 5.97 Å². The van der Waals surface area contributed by atoms with Gasteiger partial charge in [0.25, 0.3) is 5.91 Å². The lowest BCUT2D eigenvalue weighted by molar-refractivity contribution is -0.150. The first-order valence-electron chi connectivity index (χ1n) is 6.94. The van der Waals surface area contributed by atoms with Crippen LogP contribution in [0.3, 0.4) is 0 Å². The molecule has 108 valence electrons. The van der Waals surface area contributed by atoms with Crippen LogP contribution >= 0.6 is 0 Å². The predicted molar refractivity (Wildman–Crippen MR) is 69.2 cm³/mol. The number of aromatic amines is 1. The summed E-state index contributed by atoms with van der Waals surface area (Å²) < 4.78 is 0. The quantitative estimate of drug-likeness (QED) is 0.859. The van der Waals surface area contributed by atoms with Crippen LogP contribution in [-0.4, -0.2) is 50.2 Å². The number of aliphatic carboxylic acids is 1. The first-order chi connectivity index (χ1) is 9.49. The molecule has 1 amide bonds. The van der Waals surface area contributed by atoms with Crippen LogP contribution < -0.4 is 0 Å². The standard InChI is InChI=1S/C13H18N4O3/c1-13(12(19)20)4-6-17(7-5-13)11(18)10-14-9(15-16-10)8-2-3-8/h8H,2-7H2,1H3,(H,19,20)(H,14,15,16). The van der Waals surface area contributed by atoms with E-state index >= 15 is 0 Å². The fourth-order valence-electron chi connectivity index (χ4n) is 2.47. The molecule has 0 radical (unpaired) electrons. The normalized spacial score (nSPS) is 21.8. The van der Waals surface area contributed by atoms with Gasteiger partial charge in [-0.2, -0.15) is 0 Å². The number of piperidine rings is 1. The molecule has 7 nitrogen and oxygen atoms in total. The maximum Gasteiger partial charge on any atom is 0.309 e. The van der Waals surface area contributed by atoms with Gasteiger partial charge < -0.3 is 10.0 Å². The molecule has 2 heterocycles. The Morgan fingerprint density at radius 2 is 2.00 bits per heavy atom. The molecule has 3 rings (SSSR count). The highest BCUT2D eigenvalue weighted by molar-refractivity contribution is 5.90. The van der Waals surface area contributed by atoms with Crippen molar-refractivity contribution in [1.29, 1.82) is 0 Å². The number of hydrogen-bond donors (Lipinski definition) is 2. The Balaban J connectivity index is 1.65. The molecule has 1 aromatic rings. The SMILES string of the molecule is CC1(C(=O)O)CCN(C(=O)c2n[nH]c(C3CC3)n2)CC1. The number of carboxylic acid groups (broad SMARTS) is 1. The first kappa shape index (κ1) is 13.1. The summed E-state index contributed by atoms with van der Waals surface area (Å²) in [5, 5.41) is 16.0. The summed E-state index contributed by atoms with van der Waals surface area (Å²) in [5.41, 5.74) is -0.727. The summed E-state index contributed by atoms with van der Waals surface area (Å²) >= 11 is 0. The molecule has 0 bridgehead atoms. The van der Waals surface area contributed by atoms with Crippen molar-refractivity contribution in [2.45, 2.75) is 38.5 Å². The Labute approximate surface area is 116 Å². The van der Waals surface area contributed by atoms with Crippen molar-refractivity contribution >= 4 is 11.9 Å². The van der Waals surface area contributed by atoms with Gasteiger partial charge in [-0.05, 0) is 32.6 Å². The Bertz CT molecular complexity index is 542. The van der Waals surface area contributed by atoms with Gasteiger partial charge in [0.1, 0.15) is 5.82 Å². The molecule has 1 saturated heterocycles. The van der Waals surface area contributed by atoms with E-state index in [4.69, 9.17) is 0 Å². The second kappa shape index (κ2) is 4.57. The van der Waals surface area contributed by atoms with Crippen LogP contribution in [0.4, 0.5) is 0 Å². The molecule has 1 aliphatic carbocycles. The van der Waals surface area contributed by atoms with Crippen molar-refractivity contribution < 1.29 is 14.7 Å². The molecule has 1 aromatic heterocycles. The zero-order chi connectivity index (χ0) is 14.3. The van der Waals surface area contributed by atoms with E-state index in [1.54, 1.807) is 11.8 Å². The van der Waals surface area contributed by atoms with Crippen molar-refractivity contribution in [2.75, 3.05) is 13.1 Å². The predicted octanol–water partition coefficient (Wildman–Crippen LogP) is 1.01. The van der Waals surface area contributed by atoms with Crippen LogP contribution in [0.5, 0.6) is 0 Å². The molecular weight excluding hydrogens is 260 g/mol. The number of carboxylic acids is 1. The highest BCUT2D eigenvalue weighted by Gasteiger charge is 2.39. The van der Waals surface area contributed by atoms with Crippen molar-refractivity contribution in [3.8, 4) is 0 Å². The summed E-state index contributed by atoms with van der Waals surface area (Å²) in [7, 11) is 0. The summed E-state index contributed by atoms with van der Waals surface area (Å²) in [6.07, 6.45) is 3.13. The van der Waals surface area contributed by atoms with Crippen LogP contribution in [0.2, 0.25) is 0 Å². The number of nitrogens with one attached hydrogen (secondary N) is 1. The van der Waals surface area contributed by atoms with Gasteiger partial charge in [0.05, 0.1) is 5.41 Å². The zero-order valence-electron chi connectivity index (χ0n) is 11.4. The number of nitrogens with zero attached hydrogens (tertiary/aromatic N) is 3. The van der Waals surface area contributed by atoms with Gasteiger partial charge in [-0.1, -0.05) is 0 Å². The van der Waals surface area contributed by atoms with Crippen LogP contribution in [0, 0.1) is 5.41 Å². The topological polar surface area (TPSA) is 99.2 Å². The van der Waals surface area contributed by atoms with E-state index in [2.05, 4.69) is 15.2 Å². The van der Waals surface area contributed by atoms with Crippen molar-refractivity contribution in [3.63, 3.8) is 0 Å². The third-order valence-corrected chi connectivity index (χ3v) is 4.33. The van der Waals surface area contributed by atoms with Crippen molar-refractivity contribution in [3.05, 3.63) is 11.6 Å². The Kier molecular flexibility index (Phi) is 2.99. The largest absolute Gasteiger partial charge is 0.481 e. The van der Waals surface area contributed by atoms with Crippen LogP contribution in [-0.2, 0) is 4.79 Å². The fraction of sp³-hybridized carbons (Fsp3) is 0.692. The van der Waals surface area contributed by atoms with Gasteiger partial charge in [0.2, 0.25) is 5.82 Å². The van der Waals surface area contributed by atoms with E-state index in [1.165, 1.54) is 0 Å². The van der Waals surface area contributed by atoms with Crippen LogP contribution in [0.25, 0.3) is 0 Å². The van der Waals surface area contributed by atoms with Crippen LogP contribution in [0.15, 0.2) is 0 Å². The minimum absolute atomic E-state index is 0.200. The molecule has 2 aliphatic rings. The number of H-pyrrole nitrogens is 1. The highest BCUT2D eigenvalue weighted by atomic mass is 16.4. The molecule has 2 fully saturated rings. The average Bonchev–Trinajstić information content (AvgIpc) is 3.16. The number of aromatic nitrogens is 3. The summed E-state index contributed by atoms with van der Waals surface area (Å²) in [6.45, 7) is 2.61. The highest BCUT2D eigenvalue weighted by Crippen LogP contribution is 2.38. The summed E-state index contributed by atoms with van der Waals surface area (Å²) in [5.74, 6) is 0.423. The second-order valence-corrected chi connectivity index (χ2v) is 5.98. The van der Waals surface area contributed by atoms with Crippen molar-refractivity contribution in [1.82, 2.24) is 20.1 Å². The number of carbonyl (C=O) groups is 2. The molecule has 2 N–H and O–H groups in total. The molecule has 0 spiro atoms. The maximum atomic E-state index is 12.3. The number of amides is 1. The van der Waals surface area contributed by atoms with E-state index in [0.717, 1.165) is 18.7 Å². The lowest BCUT2D eigenvalue weighted by Crippen LogP contribution is -2.45. The minimum atomic E-state index is -0.793. The zero-order valence-corrected chi connectivity index (χ0v) is 11.4. The van der Waals surface area contributed by atoms with E-state index < -0.39 is 11.4 Å². The molecule has 20 heavy (non-hydrogen) atoms. The summed E-state index contributed by atoms with van der Waals surface area (Å²) in [4.78, 5) is 29.3. The van der Waals surface area contributed by atoms with E-state index in [1.807, 2.05) is 0 Å². The van der Waals surface area contributed by atoms with Crippen molar-refractivity contribution in [2.24, 2.45) is 5.41 Å². The smallest absolute Gasteiger partial charge is 0.309 e. The van der Waals surface area contributed by atoms with E-state index in [9.17, 15) is 14.7 Å². The van der Waals surface area contributed by atoms with Crippen LogP contribution in [0.1, 0.15) is 55.0 Å².